The molecule has 1 aliphatic rings. The number of hydrogen-bond donors (Lipinski definition) is 1. The van der Waals surface area contributed by atoms with E-state index < -0.39 is 21.8 Å². The second-order valence-electron chi connectivity index (χ2n) is 8.42. The minimum Gasteiger partial charge on any atom is -0.345 e. The largest absolute Gasteiger partial charge is 0.345 e. The molecular formula is C26H27FN2O3S. The Bertz CT molecular complexity index is 1200. The summed E-state index contributed by atoms with van der Waals surface area (Å²) in [5, 5.41) is 3.15. The Morgan fingerprint density at radius 2 is 1.61 bits per heavy atom. The molecule has 172 valence electrons. The zero-order valence-electron chi connectivity index (χ0n) is 18.4. The first-order valence-electron chi connectivity index (χ1n) is 11.0. The average Bonchev–Trinajstić information content (AvgIpc) is 2.84. The molecule has 0 unspecified atom stereocenters. The van der Waals surface area contributed by atoms with Gasteiger partial charge in [0.15, 0.2) is 0 Å². The van der Waals surface area contributed by atoms with E-state index >= 15 is 0 Å². The van der Waals surface area contributed by atoms with Crippen LogP contribution in [0.3, 0.4) is 0 Å². The molecule has 0 radical (unpaired) electrons. The fourth-order valence-electron chi connectivity index (χ4n) is 4.15. The van der Waals surface area contributed by atoms with Crippen LogP contribution >= 0.6 is 0 Å². The van der Waals surface area contributed by atoms with Gasteiger partial charge in [0.2, 0.25) is 15.9 Å². The van der Waals surface area contributed by atoms with Crippen LogP contribution in [-0.4, -0.2) is 31.7 Å². The van der Waals surface area contributed by atoms with E-state index in [1.807, 2.05) is 61.5 Å². The van der Waals surface area contributed by atoms with Crippen LogP contribution in [0.2, 0.25) is 0 Å². The van der Waals surface area contributed by atoms with Gasteiger partial charge in [-0.3, -0.25) is 4.79 Å². The molecule has 0 aliphatic carbocycles. The third-order valence-corrected chi connectivity index (χ3v) is 7.92. The molecule has 0 spiro atoms. The summed E-state index contributed by atoms with van der Waals surface area (Å²) in [5.74, 6) is -1.14. The van der Waals surface area contributed by atoms with Gasteiger partial charge in [0.05, 0.1) is 16.9 Å². The highest BCUT2D eigenvalue weighted by molar-refractivity contribution is 7.89. The Kier molecular flexibility index (Phi) is 6.91. The summed E-state index contributed by atoms with van der Waals surface area (Å²) in [6.07, 6.45) is 1.19. The van der Waals surface area contributed by atoms with E-state index in [1.165, 1.54) is 16.4 Å². The molecule has 3 aromatic rings. The van der Waals surface area contributed by atoms with Crippen molar-refractivity contribution in [1.82, 2.24) is 9.62 Å². The fraction of sp³-hybridized carbons (Fsp3) is 0.269. The number of carbonyl (C=O) groups is 1. The lowest BCUT2D eigenvalue weighted by Crippen LogP contribution is -2.46. The monoisotopic (exact) mass is 466 g/mol. The third kappa shape index (κ3) is 5.31. The number of carbonyl (C=O) groups excluding carboxylic acids is 1. The number of nitrogens with one attached hydrogen (secondary N) is 1. The quantitative estimate of drug-likeness (QED) is 0.584. The maximum atomic E-state index is 13.3. The van der Waals surface area contributed by atoms with Crippen molar-refractivity contribution in [1.29, 1.82) is 0 Å². The van der Waals surface area contributed by atoms with E-state index in [4.69, 9.17) is 0 Å². The number of nitrogens with zero attached hydrogens (tertiary/aromatic N) is 1. The zero-order chi connectivity index (χ0) is 23.4. The van der Waals surface area contributed by atoms with Crippen LogP contribution in [0.5, 0.6) is 0 Å². The van der Waals surface area contributed by atoms with Crippen LogP contribution < -0.4 is 5.32 Å². The van der Waals surface area contributed by atoms with Crippen LogP contribution in [0, 0.1) is 18.7 Å². The predicted molar refractivity (Wildman–Crippen MR) is 125 cm³/mol. The van der Waals surface area contributed by atoms with Crippen molar-refractivity contribution >= 4 is 15.9 Å². The van der Waals surface area contributed by atoms with Crippen molar-refractivity contribution in [2.45, 2.75) is 30.7 Å². The van der Waals surface area contributed by atoms with Gasteiger partial charge in [-0.2, -0.15) is 4.31 Å². The number of benzene rings is 3. The van der Waals surface area contributed by atoms with Gasteiger partial charge in [0.25, 0.3) is 0 Å². The lowest BCUT2D eigenvalue weighted by Gasteiger charge is -2.32. The van der Waals surface area contributed by atoms with E-state index in [9.17, 15) is 17.6 Å². The van der Waals surface area contributed by atoms with Crippen molar-refractivity contribution in [3.8, 4) is 0 Å². The average molecular weight is 467 g/mol. The smallest absolute Gasteiger partial charge is 0.243 e. The molecule has 1 saturated heterocycles. The summed E-state index contributed by atoms with van der Waals surface area (Å²) in [4.78, 5) is 13.3. The van der Waals surface area contributed by atoms with Crippen LogP contribution in [0.25, 0.3) is 0 Å². The van der Waals surface area contributed by atoms with Gasteiger partial charge in [-0.15, -0.1) is 0 Å². The number of hydrogen-bond acceptors (Lipinski definition) is 3. The Morgan fingerprint density at radius 3 is 2.27 bits per heavy atom. The number of halogens is 1. The highest BCUT2D eigenvalue weighted by atomic mass is 32.2. The molecule has 1 heterocycles. The number of piperidine rings is 1. The van der Waals surface area contributed by atoms with Crippen molar-refractivity contribution in [2.75, 3.05) is 13.1 Å². The Morgan fingerprint density at radius 1 is 0.970 bits per heavy atom. The van der Waals surface area contributed by atoms with E-state index in [0.29, 0.717) is 19.4 Å². The predicted octanol–water partition coefficient (Wildman–Crippen LogP) is 4.44. The second-order valence-corrected chi connectivity index (χ2v) is 10.4. The van der Waals surface area contributed by atoms with Gasteiger partial charge in [0, 0.05) is 13.1 Å². The number of rotatable bonds is 6. The first-order valence-corrected chi connectivity index (χ1v) is 12.5. The summed E-state index contributed by atoms with van der Waals surface area (Å²) in [6.45, 7) is 2.45. The van der Waals surface area contributed by atoms with E-state index in [1.54, 1.807) is 0 Å². The summed E-state index contributed by atoms with van der Waals surface area (Å²) in [5.41, 5.74) is 3.05. The molecule has 0 aromatic heterocycles. The topological polar surface area (TPSA) is 66.5 Å². The van der Waals surface area contributed by atoms with Gasteiger partial charge in [0.1, 0.15) is 5.82 Å². The Hall–Kier alpha value is -3.03. The summed E-state index contributed by atoms with van der Waals surface area (Å²) in [7, 11) is -3.80. The van der Waals surface area contributed by atoms with Crippen LogP contribution in [0.4, 0.5) is 4.39 Å². The summed E-state index contributed by atoms with van der Waals surface area (Å²) in [6, 6.07) is 22.2. The van der Waals surface area contributed by atoms with Crippen molar-refractivity contribution in [3.05, 3.63) is 101 Å². The summed E-state index contributed by atoms with van der Waals surface area (Å²) >= 11 is 0. The first-order chi connectivity index (χ1) is 15.8. The zero-order valence-corrected chi connectivity index (χ0v) is 19.3. The second kappa shape index (κ2) is 9.85. The molecule has 5 nitrogen and oxygen atoms in total. The van der Waals surface area contributed by atoms with Crippen LogP contribution in [0.15, 0.2) is 83.8 Å². The molecule has 1 aliphatic heterocycles. The lowest BCUT2D eigenvalue weighted by atomic mass is 9.94. The Labute approximate surface area is 194 Å². The SMILES string of the molecule is Cc1ccc([C@H](NC(=O)[C@H]2CCCN(S(=O)(=O)c3ccc(F)cc3)C2)c2ccccc2)cc1. The molecule has 0 bridgehead atoms. The highest BCUT2D eigenvalue weighted by Gasteiger charge is 2.34. The van der Waals surface area contributed by atoms with Crippen molar-refractivity contribution in [2.24, 2.45) is 5.92 Å². The molecule has 0 saturated carbocycles. The van der Waals surface area contributed by atoms with Crippen LogP contribution in [0.1, 0.15) is 35.6 Å². The van der Waals surface area contributed by atoms with Crippen molar-refractivity contribution in [3.63, 3.8) is 0 Å². The van der Waals surface area contributed by atoms with Gasteiger partial charge in [-0.25, -0.2) is 12.8 Å². The molecule has 2 atom stereocenters. The van der Waals surface area contributed by atoms with Gasteiger partial charge in [-0.05, 0) is 55.2 Å². The maximum absolute atomic E-state index is 13.3. The van der Waals surface area contributed by atoms with Crippen LogP contribution in [-0.2, 0) is 14.8 Å². The third-order valence-electron chi connectivity index (χ3n) is 6.04. The number of sulfonamides is 1. The normalized spacial score (nSPS) is 17.9. The molecule has 1 amide bonds. The van der Waals surface area contributed by atoms with E-state index in [0.717, 1.165) is 28.8 Å². The van der Waals surface area contributed by atoms with Gasteiger partial charge < -0.3 is 5.32 Å². The summed E-state index contributed by atoms with van der Waals surface area (Å²) < 4.78 is 40.6. The molecule has 4 rings (SSSR count). The molecule has 1 N–H and O–H groups in total. The highest BCUT2D eigenvalue weighted by Crippen LogP contribution is 2.27. The molecule has 1 fully saturated rings. The molecular weight excluding hydrogens is 439 g/mol. The lowest BCUT2D eigenvalue weighted by molar-refractivity contribution is -0.126. The van der Waals surface area contributed by atoms with Gasteiger partial charge >= 0.3 is 0 Å². The molecule has 33 heavy (non-hydrogen) atoms. The fourth-order valence-corrected chi connectivity index (χ4v) is 5.68. The number of amides is 1. The van der Waals surface area contributed by atoms with Gasteiger partial charge in [-0.1, -0.05) is 60.2 Å². The standard InChI is InChI=1S/C26H27FN2O3S/c1-19-9-11-21(12-10-19)25(20-6-3-2-4-7-20)28-26(30)22-8-5-17-29(18-22)33(31,32)24-15-13-23(27)14-16-24/h2-4,6-7,9-16,22,25H,5,8,17-18H2,1H3,(H,28,30)/t22-,25+/m0/s1. The minimum absolute atomic E-state index is 0.0341. The van der Waals surface area contributed by atoms with Crippen molar-refractivity contribution < 1.29 is 17.6 Å². The molecule has 3 aromatic carbocycles. The first kappa shape index (κ1) is 23.1. The van der Waals surface area contributed by atoms with E-state index in [2.05, 4.69) is 5.32 Å². The maximum Gasteiger partial charge on any atom is 0.243 e. The molecule has 7 heteroatoms. The minimum atomic E-state index is -3.80. The number of aryl methyl sites for hydroxylation is 1. The van der Waals surface area contributed by atoms with E-state index in [-0.39, 0.29) is 23.4 Å². The Balaban J connectivity index is 1.53.